The number of carbonyl (C=O) groups is 2. The molecule has 1 amide bonds. The van der Waals surface area contributed by atoms with E-state index in [0.717, 1.165) is 12.8 Å². The molecule has 0 spiro atoms. The number of nitrogens with one attached hydrogen (secondary N) is 1. The van der Waals surface area contributed by atoms with Crippen molar-refractivity contribution in [2.75, 3.05) is 0 Å². The third kappa shape index (κ3) is 1.96. The lowest BCUT2D eigenvalue weighted by Gasteiger charge is -2.24. The largest absolute Gasteiger partial charge is 0.474 e. The minimum atomic E-state index is -1.41. The quantitative estimate of drug-likeness (QED) is 0.590. The first-order chi connectivity index (χ1) is 5.43. The Hall–Kier alpha value is -1.06. The fraction of sp³-hybridized carbons (Fsp3) is 0.750. The van der Waals surface area contributed by atoms with Gasteiger partial charge in [-0.05, 0) is 32.6 Å². The van der Waals surface area contributed by atoms with Crippen molar-refractivity contribution in [1.82, 2.24) is 5.32 Å². The zero-order valence-corrected chi connectivity index (χ0v) is 7.26. The summed E-state index contributed by atoms with van der Waals surface area (Å²) >= 11 is 0. The van der Waals surface area contributed by atoms with Gasteiger partial charge in [-0.1, -0.05) is 0 Å². The van der Waals surface area contributed by atoms with Crippen LogP contribution in [0.4, 0.5) is 0 Å². The van der Waals surface area contributed by atoms with Gasteiger partial charge >= 0.3 is 11.9 Å². The molecule has 0 radical (unpaired) electrons. The van der Waals surface area contributed by atoms with Crippen molar-refractivity contribution in [2.24, 2.45) is 5.92 Å². The second kappa shape index (κ2) is 2.77. The normalized spacial score (nSPS) is 17.2. The maximum atomic E-state index is 10.8. The first-order valence-corrected chi connectivity index (χ1v) is 3.99. The zero-order chi connectivity index (χ0) is 9.35. The molecule has 1 aliphatic carbocycles. The van der Waals surface area contributed by atoms with Crippen molar-refractivity contribution in [3.8, 4) is 0 Å². The summed E-state index contributed by atoms with van der Waals surface area (Å²) in [6, 6.07) is 0. The zero-order valence-electron chi connectivity index (χ0n) is 7.26. The van der Waals surface area contributed by atoms with E-state index in [1.807, 2.05) is 13.8 Å². The SMILES string of the molecule is CC(C)(NC(=O)C(=O)O)C1CC1. The molecule has 1 aliphatic rings. The lowest BCUT2D eigenvalue weighted by Crippen LogP contribution is -2.47. The van der Waals surface area contributed by atoms with Gasteiger partial charge in [-0.25, -0.2) is 4.79 Å². The summed E-state index contributed by atoms with van der Waals surface area (Å²) in [6.45, 7) is 3.71. The van der Waals surface area contributed by atoms with E-state index in [2.05, 4.69) is 5.32 Å². The van der Waals surface area contributed by atoms with E-state index in [9.17, 15) is 9.59 Å². The summed E-state index contributed by atoms with van der Waals surface area (Å²) < 4.78 is 0. The van der Waals surface area contributed by atoms with E-state index >= 15 is 0 Å². The smallest absolute Gasteiger partial charge is 0.394 e. The molecular weight excluding hydrogens is 158 g/mol. The van der Waals surface area contributed by atoms with Crippen LogP contribution in [-0.2, 0) is 9.59 Å². The van der Waals surface area contributed by atoms with E-state index in [1.165, 1.54) is 0 Å². The third-order valence-electron chi connectivity index (χ3n) is 2.23. The number of amides is 1. The van der Waals surface area contributed by atoms with E-state index in [-0.39, 0.29) is 5.54 Å². The topological polar surface area (TPSA) is 66.4 Å². The fourth-order valence-corrected chi connectivity index (χ4v) is 1.25. The molecule has 0 unspecified atom stereocenters. The molecule has 0 bridgehead atoms. The van der Waals surface area contributed by atoms with Gasteiger partial charge in [0.1, 0.15) is 0 Å². The Kier molecular flexibility index (Phi) is 2.08. The second-order valence-corrected chi connectivity index (χ2v) is 3.76. The Balaban J connectivity index is 2.48. The van der Waals surface area contributed by atoms with Gasteiger partial charge in [-0.15, -0.1) is 0 Å². The Morgan fingerprint density at radius 2 is 1.92 bits per heavy atom. The van der Waals surface area contributed by atoms with E-state index in [0.29, 0.717) is 5.92 Å². The highest BCUT2D eigenvalue weighted by Gasteiger charge is 2.39. The maximum Gasteiger partial charge on any atom is 0.394 e. The van der Waals surface area contributed by atoms with Crippen LogP contribution in [0, 0.1) is 5.92 Å². The molecule has 0 aromatic rings. The summed E-state index contributed by atoms with van der Waals surface area (Å²) in [5.41, 5.74) is -0.366. The predicted octanol–water partition coefficient (Wildman–Crippen LogP) is 0.376. The van der Waals surface area contributed by atoms with Gasteiger partial charge in [0.25, 0.3) is 0 Å². The number of hydrogen-bond acceptors (Lipinski definition) is 2. The monoisotopic (exact) mass is 171 g/mol. The average Bonchev–Trinajstić information content (AvgIpc) is 2.65. The van der Waals surface area contributed by atoms with Crippen molar-refractivity contribution in [1.29, 1.82) is 0 Å². The molecule has 0 aliphatic heterocycles. The molecule has 4 heteroatoms. The molecular formula is C8H13NO3. The van der Waals surface area contributed by atoms with Crippen molar-refractivity contribution in [3.05, 3.63) is 0 Å². The number of carboxylic acid groups (broad SMARTS) is 1. The molecule has 1 fully saturated rings. The first-order valence-electron chi connectivity index (χ1n) is 3.99. The molecule has 12 heavy (non-hydrogen) atoms. The lowest BCUT2D eigenvalue weighted by molar-refractivity contribution is -0.151. The molecule has 4 nitrogen and oxygen atoms in total. The number of carbonyl (C=O) groups excluding carboxylic acids is 1. The summed E-state index contributed by atoms with van der Waals surface area (Å²) in [5.74, 6) is -1.88. The van der Waals surface area contributed by atoms with Gasteiger partial charge in [0.2, 0.25) is 0 Å². The standard InChI is InChI=1S/C8H13NO3/c1-8(2,5-3-4-5)9-6(10)7(11)12/h5H,3-4H2,1-2H3,(H,9,10)(H,11,12). The van der Waals surface area contributed by atoms with Crippen LogP contribution >= 0.6 is 0 Å². The second-order valence-electron chi connectivity index (χ2n) is 3.76. The Bertz CT molecular complexity index is 218. The van der Waals surface area contributed by atoms with Crippen LogP contribution in [0.25, 0.3) is 0 Å². The van der Waals surface area contributed by atoms with Crippen LogP contribution in [0.5, 0.6) is 0 Å². The predicted molar refractivity (Wildman–Crippen MR) is 42.6 cm³/mol. The van der Waals surface area contributed by atoms with Gasteiger partial charge in [0.05, 0.1) is 0 Å². The Morgan fingerprint density at radius 1 is 1.42 bits per heavy atom. The van der Waals surface area contributed by atoms with E-state index < -0.39 is 11.9 Å². The molecule has 2 N–H and O–H groups in total. The fourth-order valence-electron chi connectivity index (χ4n) is 1.25. The van der Waals surface area contributed by atoms with Crippen molar-refractivity contribution >= 4 is 11.9 Å². The van der Waals surface area contributed by atoms with E-state index in [4.69, 9.17) is 5.11 Å². The van der Waals surface area contributed by atoms with E-state index in [1.54, 1.807) is 0 Å². The summed E-state index contributed by atoms with van der Waals surface area (Å²) in [5, 5.41) is 10.8. The Labute approximate surface area is 71.0 Å². The molecule has 0 aromatic carbocycles. The number of hydrogen-bond donors (Lipinski definition) is 2. The lowest BCUT2D eigenvalue weighted by atomic mass is 9.99. The highest BCUT2D eigenvalue weighted by atomic mass is 16.4. The maximum absolute atomic E-state index is 10.8. The van der Waals surface area contributed by atoms with Crippen molar-refractivity contribution < 1.29 is 14.7 Å². The average molecular weight is 171 g/mol. The molecule has 1 saturated carbocycles. The van der Waals surface area contributed by atoms with Gasteiger partial charge in [-0.2, -0.15) is 0 Å². The van der Waals surface area contributed by atoms with Crippen LogP contribution in [0.1, 0.15) is 26.7 Å². The van der Waals surface area contributed by atoms with Gasteiger partial charge in [0.15, 0.2) is 0 Å². The third-order valence-corrected chi connectivity index (χ3v) is 2.23. The van der Waals surface area contributed by atoms with Crippen LogP contribution in [-0.4, -0.2) is 22.5 Å². The molecule has 0 saturated heterocycles. The highest BCUT2D eigenvalue weighted by Crippen LogP contribution is 2.39. The number of aliphatic carboxylic acids is 1. The summed E-state index contributed by atoms with van der Waals surface area (Å²) in [7, 11) is 0. The molecule has 0 heterocycles. The molecule has 1 rings (SSSR count). The number of carboxylic acids is 1. The van der Waals surface area contributed by atoms with Gasteiger partial charge < -0.3 is 10.4 Å². The first kappa shape index (κ1) is 9.03. The number of rotatable bonds is 2. The van der Waals surface area contributed by atoms with Crippen LogP contribution in [0.3, 0.4) is 0 Å². The van der Waals surface area contributed by atoms with Crippen LogP contribution in [0.15, 0.2) is 0 Å². The summed E-state index contributed by atoms with van der Waals surface area (Å²) in [6.07, 6.45) is 2.15. The highest BCUT2D eigenvalue weighted by molar-refractivity contribution is 6.31. The summed E-state index contributed by atoms with van der Waals surface area (Å²) in [4.78, 5) is 21.0. The van der Waals surface area contributed by atoms with Crippen LogP contribution in [0.2, 0.25) is 0 Å². The van der Waals surface area contributed by atoms with Crippen molar-refractivity contribution in [2.45, 2.75) is 32.2 Å². The van der Waals surface area contributed by atoms with Gasteiger partial charge in [0, 0.05) is 5.54 Å². The molecule has 0 atom stereocenters. The van der Waals surface area contributed by atoms with Crippen molar-refractivity contribution in [3.63, 3.8) is 0 Å². The Morgan fingerprint density at radius 3 is 2.25 bits per heavy atom. The minimum Gasteiger partial charge on any atom is -0.474 e. The molecule has 0 aromatic heterocycles. The van der Waals surface area contributed by atoms with Crippen LogP contribution < -0.4 is 5.32 Å². The minimum absolute atomic E-state index is 0.366. The van der Waals surface area contributed by atoms with Gasteiger partial charge in [-0.3, -0.25) is 4.79 Å². The molecule has 68 valence electrons.